The lowest BCUT2D eigenvalue weighted by Crippen LogP contribution is -2.07. The van der Waals surface area contributed by atoms with Crippen LogP contribution in [0.5, 0.6) is 0 Å². The van der Waals surface area contributed by atoms with Crippen LogP contribution in [0.3, 0.4) is 0 Å². The zero-order chi connectivity index (χ0) is 8.23. The summed E-state index contributed by atoms with van der Waals surface area (Å²) >= 11 is 0. The highest BCUT2D eigenvalue weighted by atomic mass is 15.3. The highest BCUT2D eigenvalue weighted by Crippen LogP contribution is 2.18. The molecule has 1 aromatic rings. The quantitative estimate of drug-likeness (QED) is 0.533. The van der Waals surface area contributed by atoms with Crippen LogP contribution in [-0.4, -0.2) is 17.2 Å². The van der Waals surface area contributed by atoms with Crippen molar-refractivity contribution in [1.82, 2.24) is 10.4 Å². The highest BCUT2D eigenvalue weighted by molar-refractivity contribution is 5.76. The number of hydrogen-bond donors (Lipinski definition) is 1. The van der Waals surface area contributed by atoms with E-state index in [4.69, 9.17) is 0 Å². The van der Waals surface area contributed by atoms with Crippen LogP contribution >= 0.6 is 0 Å². The minimum Gasteiger partial charge on any atom is -0.307 e. The van der Waals surface area contributed by atoms with E-state index in [1.807, 2.05) is 18.2 Å². The number of rotatable bonds is 3. The van der Waals surface area contributed by atoms with Crippen LogP contribution in [0.1, 0.15) is 18.5 Å². The molecule has 0 amide bonds. The molecule has 0 unspecified atom stereocenters. The molecule has 1 aliphatic carbocycles. The molecule has 1 aliphatic rings. The number of nitrogens with zero attached hydrogens (tertiary/aromatic N) is 2. The fourth-order valence-electron chi connectivity index (χ4n) is 0.874. The Morgan fingerprint density at radius 3 is 3.08 bits per heavy atom. The van der Waals surface area contributed by atoms with Crippen molar-refractivity contribution in [2.75, 3.05) is 0 Å². The molecule has 1 saturated carbocycles. The van der Waals surface area contributed by atoms with E-state index in [0.717, 1.165) is 5.69 Å². The van der Waals surface area contributed by atoms with E-state index in [1.165, 1.54) is 12.8 Å². The summed E-state index contributed by atoms with van der Waals surface area (Å²) in [5.74, 6) is 0. The molecule has 3 heteroatoms. The predicted molar refractivity (Wildman–Crippen MR) is 48.0 cm³/mol. The molecule has 12 heavy (non-hydrogen) atoms. The molecule has 0 atom stereocenters. The van der Waals surface area contributed by atoms with Crippen LogP contribution < -0.4 is 5.43 Å². The van der Waals surface area contributed by atoms with Gasteiger partial charge in [-0.1, -0.05) is 6.07 Å². The molecule has 0 aliphatic heterocycles. The molecule has 62 valence electrons. The van der Waals surface area contributed by atoms with Crippen LogP contribution in [0.25, 0.3) is 0 Å². The van der Waals surface area contributed by atoms with Gasteiger partial charge in [0.15, 0.2) is 0 Å². The van der Waals surface area contributed by atoms with E-state index >= 15 is 0 Å². The molecule has 2 rings (SSSR count). The first kappa shape index (κ1) is 7.28. The minimum absolute atomic E-state index is 0.616. The molecule has 0 saturated heterocycles. The van der Waals surface area contributed by atoms with Gasteiger partial charge in [-0.25, -0.2) is 0 Å². The fourth-order valence-corrected chi connectivity index (χ4v) is 0.874. The van der Waals surface area contributed by atoms with Gasteiger partial charge in [-0.15, -0.1) is 0 Å². The highest BCUT2D eigenvalue weighted by Gasteiger charge is 2.19. The Kier molecular flexibility index (Phi) is 2.03. The summed E-state index contributed by atoms with van der Waals surface area (Å²) in [5.41, 5.74) is 3.93. The third kappa shape index (κ3) is 2.05. The van der Waals surface area contributed by atoms with Crippen molar-refractivity contribution in [1.29, 1.82) is 0 Å². The fraction of sp³-hybridized carbons (Fsp3) is 0.333. The minimum atomic E-state index is 0.616. The molecule has 1 fully saturated rings. The summed E-state index contributed by atoms with van der Waals surface area (Å²) in [5, 5.41) is 4.07. The zero-order valence-electron chi connectivity index (χ0n) is 6.77. The molecular formula is C9H11N3. The second-order valence-corrected chi connectivity index (χ2v) is 2.92. The molecule has 1 N–H and O–H groups in total. The third-order valence-electron chi connectivity index (χ3n) is 1.72. The molecular weight excluding hydrogens is 150 g/mol. The Hall–Kier alpha value is -1.38. The van der Waals surface area contributed by atoms with Crippen molar-refractivity contribution < 1.29 is 0 Å². The summed E-state index contributed by atoms with van der Waals surface area (Å²) < 4.78 is 0. The summed E-state index contributed by atoms with van der Waals surface area (Å²) in [4.78, 5) is 4.11. The van der Waals surface area contributed by atoms with Crippen molar-refractivity contribution in [2.45, 2.75) is 18.9 Å². The SMILES string of the molecule is C(=N\NC1CC1)/c1ccccn1. The van der Waals surface area contributed by atoms with Gasteiger partial charge in [0.25, 0.3) is 0 Å². The van der Waals surface area contributed by atoms with E-state index in [9.17, 15) is 0 Å². The van der Waals surface area contributed by atoms with E-state index in [1.54, 1.807) is 12.4 Å². The van der Waals surface area contributed by atoms with E-state index in [-0.39, 0.29) is 0 Å². The van der Waals surface area contributed by atoms with Crippen molar-refractivity contribution >= 4 is 6.21 Å². The van der Waals surface area contributed by atoms with E-state index < -0.39 is 0 Å². The van der Waals surface area contributed by atoms with Gasteiger partial charge in [-0.05, 0) is 25.0 Å². The molecule has 0 bridgehead atoms. The maximum Gasteiger partial charge on any atom is 0.0830 e. The Labute approximate surface area is 71.5 Å². The summed E-state index contributed by atoms with van der Waals surface area (Å²) in [6.07, 6.45) is 6.01. The van der Waals surface area contributed by atoms with Gasteiger partial charge >= 0.3 is 0 Å². The predicted octanol–water partition coefficient (Wildman–Crippen LogP) is 1.17. The molecule has 1 heterocycles. The lowest BCUT2D eigenvalue weighted by Gasteiger charge is -1.93. The number of pyridine rings is 1. The second kappa shape index (κ2) is 3.34. The van der Waals surface area contributed by atoms with E-state index in [2.05, 4.69) is 15.5 Å². The van der Waals surface area contributed by atoms with Gasteiger partial charge in [0, 0.05) is 12.2 Å². The van der Waals surface area contributed by atoms with Crippen LogP contribution in [-0.2, 0) is 0 Å². The van der Waals surface area contributed by atoms with Gasteiger partial charge in [0.05, 0.1) is 11.9 Å². The molecule has 0 radical (unpaired) electrons. The first-order valence-corrected chi connectivity index (χ1v) is 4.15. The van der Waals surface area contributed by atoms with Gasteiger partial charge in [-0.3, -0.25) is 4.98 Å². The molecule has 3 nitrogen and oxygen atoms in total. The first-order chi connectivity index (χ1) is 5.95. The number of hydrogen-bond acceptors (Lipinski definition) is 3. The van der Waals surface area contributed by atoms with Crippen LogP contribution in [0.4, 0.5) is 0 Å². The average Bonchev–Trinajstić information content (AvgIpc) is 2.90. The lowest BCUT2D eigenvalue weighted by molar-refractivity contribution is 0.741. The third-order valence-corrected chi connectivity index (χ3v) is 1.72. The Balaban J connectivity index is 1.89. The van der Waals surface area contributed by atoms with Crippen molar-refractivity contribution in [3.05, 3.63) is 30.1 Å². The number of aromatic nitrogens is 1. The smallest absolute Gasteiger partial charge is 0.0830 e. The monoisotopic (exact) mass is 161 g/mol. The summed E-state index contributed by atoms with van der Waals surface area (Å²) in [6, 6.07) is 6.39. The Bertz CT molecular complexity index is 264. The lowest BCUT2D eigenvalue weighted by atomic mass is 10.4. The zero-order valence-corrected chi connectivity index (χ0v) is 6.77. The number of hydrazone groups is 1. The molecule has 0 spiro atoms. The molecule has 1 aromatic heterocycles. The van der Waals surface area contributed by atoms with Crippen molar-refractivity contribution in [2.24, 2.45) is 5.10 Å². The van der Waals surface area contributed by atoms with Gasteiger partial charge in [0.1, 0.15) is 0 Å². The molecule has 0 aromatic carbocycles. The number of nitrogens with one attached hydrogen (secondary N) is 1. The van der Waals surface area contributed by atoms with Crippen LogP contribution in [0, 0.1) is 0 Å². The Morgan fingerprint density at radius 2 is 2.42 bits per heavy atom. The van der Waals surface area contributed by atoms with Crippen molar-refractivity contribution in [3.8, 4) is 0 Å². The van der Waals surface area contributed by atoms with Crippen molar-refractivity contribution in [3.63, 3.8) is 0 Å². The largest absolute Gasteiger partial charge is 0.307 e. The maximum absolute atomic E-state index is 4.11. The van der Waals surface area contributed by atoms with Crippen LogP contribution in [0.15, 0.2) is 29.5 Å². The Morgan fingerprint density at radius 1 is 1.50 bits per heavy atom. The maximum atomic E-state index is 4.11. The summed E-state index contributed by atoms with van der Waals surface area (Å²) in [6.45, 7) is 0. The van der Waals surface area contributed by atoms with Crippen LogP contribution in [0.2, 0.25) is 0 Å². The van der Waals surface area contributed by atoms with Gasteiger partial charge < -0.3 is 5.43 Å². The van der Waals surface area contributed by atoms with Gasteiger partial charge in [-0.2, -0.15) is 5.10 Å². The summed E-state index contributed by atoms with van der Waals surface area (Å²) in [7, 11) is 0. The first-order valence-electron chi connectivity index (χ1n) is 4.15. The standard InChI is InChI=1S/C9H11N3/c1-2-6-10-9(3-1)7-11-12-8-4-5-8/h1-3,6-8,12H,4-5H2/b11-7+. The van der Waals surface area contributed by atoms with E-state index in [0.29, 0.717) is 6.04 Å². The average molecular weight is 161 g/mol. The topological polar surface area (TPSA) is 37.3 Å². The second-order valence-electron chi connectivity index (χ2n) is 2.92. The van der Waals surface area contributed by atoms with Gasteiger partial charge in [0.2, 0.25) is 0 Å². The normalized spacial score (nSPS) is 16.7.